The molecule has 1 atom stereocenters. The molecule has 0 bridgehead atoms. The lowest BCUT2D eigenvalue weighted by Crippen LogP contribution is -2.03. The van der Waals surface area contributed by atoms with E-state index in [-0.39, 0.29) is 0 Å². The fourth-order valence-electron chi connectivity index (χ4n) is 0.118. The summed E-state index contributed by atoms with van der Waals surface area (Å²) >= 11 is 7.09. The Balaban J connectivity index is 2.98. The van der Waals surface area contributed by atoms with E-state index in [1.54, 1.807) is 0 Å². The Morgan fingerprint density at radius 1 is 1.71 bits per heavy atom. The summed E-state index contributed by atoms with van der Waals surface area (Å²) in [6.45, 7) is 0. The predicted molar refractivity (Wildman–Crippen MR) is 39.4 cm³/mol. The summed E-state index contributed by atoms with van der Waals surface area (Å²) in [5, 5.41) is 0.849. The molecule has 0 aromatic heterocycles. The van der Waals surface area contributed by atoms with Crippen molar-refractivity contribution in [3.05, 3.63) is 0 Å². The third-order valence-corrected chi connectivity index (χ3v) is 3.68. The minimum absolute atomic E-state index is 0.329. The molecule has 1 unspecified atom stereocenters. The zero-order valence-electron chi connectivity index (χ0n) is 3.56. The van der Waals surface area contributed by atoms with Gasteiger partial charge in [-0.1, -0.05) is 31.9 Å². The molecular weight excluding hydrogens is 244 g/mol. The molecule has 0 spiro atoms. The van der Waals surface area contributed by atoms with Gasteiger partial charge < -0.3 is 0 Å². The smallest absolute Gasteiger partial charge is 0.0914 e. The molecule has 0 N–H and O–H groups in total. The van der Waals surface area contributed by atoms with Crippen LogP contribution in [-0.4, -0.2) is 15.9 Å². The van der Waals surface area contributed by atoms with Gasteiger partial charge in [0.05, 0.1) is 4.83 Å². The monoisotopic (exact) mass is 247 g/mol. The molecule has 0 aliphatic heterocycles. The van der Waals surface area contributed by atoms with Crippen LogP contribution in [0.15, 0.2) is 0 Å². The zero-order chi connectivity index (χ0) is 5.70. The van der Waals surface area contributed by atoms with Crippen molar-refractivity contribution in [3.8, 4) is 0 Å². The van der Waals surface area contributed by atoms with Crippen molar-refractivity contribution in [1.82, 2.24) is 0 Å². The van der Waals surface area contributed by atoms with Gasteiger partial charge in [0.25, 0.3) is 0 Å². The highest BCUT2D eigenvalue weighted by atomic mass is 79.9. The summed E-state index contributed by atoms with van der Waals surface area (Å²) < 4.78 is 9.76. The number of halogens is 2. The lowest BCUT2D eigenvalue weighted by molar-refractivity contribution is 0.604. The topological polar surface area (TPSA) is 17.1 Å². The van der Waals surface area contributed by atoms with E-state index in [0.29, 0.717) is 22.2 Å². The summed E-state index contributed by atoms with van der Waals surface area (Å²) in [7, 11) is 0. The normalized spacial score (nSPS) is 13.4. The maximum Gasteiger partial charge on any atom is 0.459 e. The largest absolute Gasteiger partial charge is 0.459 e. The zero-order valence-corrected chi connectivity index (χ0v) is 7.55. The van der Waals surface area contributed by atoms with Crippen molar-refractivity contribution >= 4 is 43.5 Å². The molecule has 0 aliphatic carbocycles. The molecule has 4 heteroatoms. The molecular formula is C3H5Br2OS+. The van der Waals surface area contributed by atoms with E-state index >= 15 is 0 Å². The number of hydrogen-bond acceptors (Lipinski definition) is 1. The van der Waals surface area contributed by atoms with Gasteiger partial charge in [-0.3, -0.25) is 0 Å². The molecule has 0 radical (unpaired) electrons. The summed E-state index contributed by atoms with van der Waals surface area (Å²) in [4.78, 5) is 0.329. The van der Waals surface area contributed by atoms with Gasteiger partial charge in [0, 0.05) is 9.54 Å². The van der Waals surface area contributed by atoms with E-state index in [0.717, 1.165) is 5.33 Å². The summed E-state index contributed by atoms with van der Waals surface area (Å²) in [5.41, 5.74) is 0. The van der Waals surface area contributed by atoms with E-state index in [1.807, 2.05) is 0 Å². The van der Waals surface area contributed by atoms with Crippen LogP contribution < -0.4 is 0 Å². The van der Waals surface area contributed by atoms with Crippen LogP contribution in [0.3, 0.4) is 0 Å². The van der Waals surface area contributed by atoms with Crippen molar-refractivity contribution in [3.63, 3.8) is 0 Å². The lowest BCUT2D eigenvalue weighted by atomic mass is 10.6. The molecule has 0 heterocycles. The van der Waals surface area contributed by atoms with Gasteiger partial charge in [0.1, 0.15) is 0 Å². The van der Waals surface area contributed by atoms with Gasteiger partial charge in [-0.05, 0) is 0 Å². The van der Waals surface area contributed by atoms with Crippen LogP contribution >= 0.6 is 31.9 Å². The van der Waals surface area contributed by atoms with Crippen LogP contribution in [0.2, 0.25) is 0 Å². The fourth-order valence-corrected chi connectivity index (χ4v) is 1.24. The van der Waals surface area contributed by atoms with E-state index in [1.165, 1.54) is 0 Å². The molecule has 0 amide bonds. The number of alkyl halides is 2. The maximum atomic E-state index is 9.76. The summed E-state index contributed by atoms with van der Waals surface area (Å²) in [5.74, 6) is 0.630. The van der Waals surface area contributed by atoms with Crippen molar-refractivity contribution in [1.29, 1.82) is 0 Å². The van der Waals surface area contributed by atoms with Crippen LogP contribution in [0.25, 0.3) is 0 Å². The first-order chi connectivity index (χ1) is 3.31. The third-order valence-electron chi connectivity index (χ3n) is 0.416. The third kappa shape index (κ3) is 4.84. The molecule has 0 aliphatic rings. The number of hydrogen-bond donors (Lipinski definition) is 0. The SMILES string of the molecule is O=[S+]CC(Br)CBr. The average molecular weight is 249 g/mol. The van der Waals surface area contributed by atoms with Crippen molar-refractivity contribution < 1.29 is 4.21 Å². The van der Waals surface area contributed by atoms with Crippen molar-refractivity contribution in [2.45, 2.75) is 4.83 Å². The minimum Gasteiger partial charge on any atom is -0.0914 e. The van der Waals surface area contributed by atoms with Gasteiger partial charge in [0.2, 0.25) is 5.75 Å². The molecule has 0 saturated heterocycles. The summed E-state index contributed by atoms with van der Waals surface area (Å²) in [6.07, 6.45) is 0. The average Bonchev–Trinajstić information content (AvgIpc) is 1.68. The molecule has 0 saturated carbocycles. The minimum atomic E-state index is 0.329. The van der Waals surface area contributed by atoms with Crippen LogP contribution in [0.5, 0.6) is 0 Å². The molecule has 0 aromatic carbocycles. The van der Waals surface area contributed by atoms with Gasteiger partial charge in [0.15, 0.2) is 0 Å². The first-order valence-corrected chi connectivity index (χ1v) is 4.71. The second kappa shape index (κ2) is 5.12. The maximum absolute atomic E-state index is 9.76. The van der Waals surface area contributed by atoms with Crippen molar-refractivity contribution in [2.75, 3.05) is 11.1 Å². The Morgan fingerprint density at radius 3 is 2.43 bits per heavy atom. The molecule has 7 heavy (non-hydrogen) atoms. The Bertz CT molecular complexity index is 58.9. The van der Waals surface area contributed by atoms with E-state index in [4.69, 9.17) is 0 Å². The molecule has 0 aromatic rings. The number of rotatable bonds is 3. The highest BCUT2D eigenvalue weighted by Gasteiger charge is 2.08. The molecule has 1 nitrogen and oxygen atoms in total. The van der Waals surface area contributed by atoms with Crippen LogP contribution in [0.4, 0.5) is 0 Å². The standard InChI is InChI=1S/C3H5Br2OS/c4-1-3(5)2-7-6/h3H,1-2H2/q+1. The van der Waals surface area contributed by atoms with Gasteiger partial charge >= 0.3 is 11.7 Å². The van der Waals surface area contributed by atoms with E-state index in [9.17, 15) is 4.21 Å². The fraction of sp³-hybridized carbons (Fsp3) is 1.00. The Kier molecular flexibility index (Phi) is 5.84. The first-order valence-electron chi connectivity index (χ1n) is 1.76. The Morgan fingerprint density at radius 2 is 2.29 bits per heavy atom. The van der Waals surface area contributed by atoms with Gasteiger partial charge in [-0.2, -0.15) is 0 Å². The highest BCUT2D eigenvalue weighted by molar-refractivity contribution is 9.12. The van der Waals surface area contributed by atoms with E-state index < -0.39 is 0 Å². The molecule has 42 valence electrons. The first kappa shape index (κ1) is 7.98. The van der Waals surface area contributed by atoms with Crippen molar-refractivity contribution in [2.24, 2.45) is 0 Å². The molecule has 0 rings (SSSR count). The Hall–Kier alpha value is 0.980. The molecule has 0 fully saturated rings. The lowest BCUT2D eigenvalue weighted by Gasteiger charge is -1.86. The van der Waals surface area contributed by atoms with Gasteiger partial charge in [-0.15, -0.1) is 0 Å². The summed E-state index contributed by atoms with van der Waals surface area (Å²) in [6, 6.07) is 0. The van der Waals surface area contributed by atoms with Crippen LogP contribution in [0.1, 0.15) is 0 Å². The van der Waals surface area contributed by atoms with Crippen LogP contribution in [0, 0.1) is 0 Å². The van der Waals surface area contributed by atoms with Crippen LogP contribution in [-0.2, 0) is 15.9 Å². The second-order valence-electron chi connectivity index (χ2n) is 1.04. The second-order valence-corrected chi connectivity index (χ2v) is 3.55. The van der Waals surface area contributed by atoms with Gasteiger partial charge in [-0.25, -0.2) is 0 Å². The Labute approximate surface area is 63.6 Å². The van der Waals surface area contributed by atoms with E-state index in [2.05, 4.69) is 31.9 Å². The quantitative estimate of drug-likeness (QED) is 0.548. The predicted octanol–water partition coefficient (Wildman–Crippen LogP) is 1.57. The highest BCUT2D eigenvalue weighted by Crippen LogP contribution is 2.01.